The van der Waals surface area contributed by atoms with Crippen molar-refractivity contribution in [1.29, 1.82) is 0 Å². The monoisotopic (exact) mass is 821 g/mol. The molecule has 300 valence electrons. The molecule has 0 unspecified atom stereocenters. The van der Waals surface area contributed by atoms with Gasteiger partial charge >= 0.3 is 0 Å². The number of rotatable bonds is 6. The average Bonchev–Trinajstić information content (AvgIpc) is 3.90. The third-order valence-electron chi connectivity index (χ3n) is 12.7. The van der Waals surface area contributed by atoms with E-state index >= 15 is 0 Å². The number of benzene rings is 9. The van der Waals surface area contributed by atoms with Crippen LogP contribution in [0, 0.1) is 0 Å². The number of ether oxygens (including phenoxy) is 2. The van der Waals surface area contributed by atoms with Crippen LogP contribution in [0.5, 0.6) is 23.0 Å². The molecule has 0 saturated carbocycles. The van der Waals surface area contributed by atoms with E-state index in [2.05, 4.69) is 140 Å². The van der Waals surface area contributed by atoms with E-state index in [0.29, 0.717) is 40.5 Å². The molecule has 6 heteroatoms. The molecule has 13 rings (SSSR count). The van der Waals surface area contributed by atoms with Crippen molar-refractivity contribution in [2.75, 3.05) is 0 Å². The third-order valence-corrected chi connectivity index (χ3v) is 12.7. The maximum atomic E-state index is 7.09. The van der Waals surface area contributed by atoms with Crippen LogP contribution in [0.25, 0.3) is 78.4 Å². The normalized spacial score (nSPS) is 13.1. The molecular weight excluding hydrogens is 787 g/mol. The Kier molecular flexibility index (Phi) is 8.02. The molecular formula is C58H35N3O3. The van der Waals surface area contributed by atoms with Crippen LogP contribution >= 0.6 is 0 Å². The lowest BCUT2D eigenvalue weighted by Crippen LogP contribution is -2.28. The number of nitrogens with zero attached hydrogens (tertiary/aromatic N) is 3. The minimum atomic E-state index is -0.562. The summed E-state index contributed by atoms with van der Waals surface area (Å²) in [5.74, 6) is 4.34. The van der Waals surface area contributed by atoms with Crippen LogP contribution in [0.15, 0.2) is 217 Å². The lowest BCUT2D eigenvalue weighted by atomic mass is 9.68. The van der Waals surface area contributed by atoms with Gasteiger partial charge in [0.05, 0.1) is 5.41 Å². The zero-order chi connectivity index (χ0) is 42.2. The van der Waals surface area contributed by atoms with E-state index in [4.69, 9.17) is 28.8 Å². The Hall–Kier alpha value is -8.61. The van der Waals surface area contributed by atoms with E-state index in [9.17, 15) is 0 Å². The van der Waals surface area contributed by atoms with Crippen LogP contribution in [0.2, 0.25) is 0 Å². The summed E-state index contributed by atoms with van der Waals surface area (Å²) in [4.78, 5) is 15.3. The van der Waals surface area contributed by atoms with Crippen molar-refractivity contribution < 1.29 is 13.9 Å². The topological polar surface area (TPSA) is 70.3 Å². The standard InChI is InChI=1S/C58H35N3O3/c1-4-16-36(17-5-1)55-59-56(38-28-30-43-42-23-13-15-27-48(42)62-51(43)35-38)61-57(60-55)44-24-11-10-22-41(44)37-29-32-49-52(34-37)64-54-50(63-49)33-31-47-53(54)45-25-12-14-26-46(45)58(47,39-18-6-2-7-19-39)40-20-8-3-9-21-40/h1-35H. The molecule has 2 aliphatic rings. The maximum absolute atomic E-state index is 7.09. The number of furan rings is 1. The SMILES string of the molecule is c1ccc(-c2nc(-c3ccc4c(c3)oc3ccccc34)nc(-c3ccccc3-c3ccc4c(c3)Oc3c(ccc5c3-c3ccccc3C5(c3ccccc3)c3ccccc3)O4)n2)cc1. The van der Waals surface area contributed by atoms with Crippen molar-refractivity contribution in [2.24, 2.45) is 0 Å². The highest BCUT2D eigenvalue weighted by Gasteiger charge is 2.48. The summed E-state index contributed by atoms with van der Waals surface area (Å²) in [6.07, 6.45) is 0. The predicted octanol–water partition coefficient (Wildman–Crippen LogP) is 14.7. The Labute approximate surface area is 368 Å². The fourth-order valence-corrected chi connectivity index (χ4v) is 9.87. The van der Waals surface area contributed by atoms with E-state index < -0.39 is 5.41 Å². The third kappa shape index (κ3) is 5.49. The Balaban J connectivity index is 0.938. The van der Waals surface area contributed by atoms with Crippen LogP contribution in [0.4, 0.5) is 0 Å². The molecule has 0 atom stereocenters. The molecule has 11 aromatic rings. The smallest absolute Gasteiger partial charge is 0.178 e. The molecule has 0 radical (unpaired) electrons. The van der Waals surface area contributed by atoms with Crippen LogP contribution < -0.4 is 9.47 Å². The molecule has 9 aromatic carbocycles. The molecule has 0 amide bonds. The van der Waals surface area contributed by atoms with Crippen molar-refractivity contribution >= 4 is 21.9 Å². The second kappa shape index (κ2) is 14.2. The minimum absolute atomic E-state index is 0.552. The van der Waals surface area contributed by atoms with Gasteiger partial charge in [0.1, 0.15) is 11.2 Å². The average molecular weight is 822 g/mol. The summed E-state index contributed by atoms with van der Waals surface area (Å²) in [7, 11) is 0. The summed E-state index contributed by atoms with van der Waals surface area (Å²) in [5.41, 5.74) is 12.4. The highest BCUT2D eigenvalue weighted by Crippen LogP contribution is 2.62. The van der Waals surface area contributed by atoms with E-state index in [0.717, 1.165) is 66.4 Å². The van der Waals surface area contributed by atoms with Gasteiger partial charge in [0.2, 0.25) is 0 Å². The number of hydrogen-bond donors (Lipinski definition) is 0. The fraction of sp³-hybridized carbons (Fsp3) is 0.0172. The molecule has 6 nitrogen and oxygen atoms in total. The van der Waals surface area contributed by atoms with Crippen LogP contribution in [0.3, 0.4) is 0 Å². The molecule has 0 bridgehead atoms. The van der Waals surface area contributed by atoms with Gasteiger partial charge in [-0.15, -0.1) is 0 Å². The van der Waals surface area contributed by atoms with Gasteiger partial charge in [0, 0.05) is 33.0 Å². The van der Waals surface area contributed by atoms with Crippen molar-refractivity contribution in [3.05, 3.63) is 235 Å². The first kappa shape index (κ1) is 36.1. The first-order valence-corrected chi connectivity index (χ1v) is 21.4. The van der Waals surface area contributed by atoms with Crippen LogP contribution in [-0.2, 0) is 5.41 Å². The molecule has 0 N–H and O–H groups in total. The van der Waals surface area contributed by atoms with E-state index in [1.165, 1.54) is 16.7 Å². The summed E-state index contributed by atoms with van der Waals surface area (Å²) >= 11 is 0. The van der Waals surface area contributed by atoms with Gasteiger partial charge in [-0.2, -0.15) is 0 Å². The number of aromatic nitrogens is 3. The second-order valence-corrected chi connectivity index (χ2v) is 16.2. The van der Waals surface area contributed by atoms with Gasteiger partial charge in [-0.3, -0.25) is 0 Å². The van der Waals surface area contributed by atoms with E-state index in [1.807, 2.05) is 72.8 Å². The van der Waals surface area contributed by atoms with Crippen molar-refractivity contribution in [3.8, 4) is 79.4 Å². The number of fused-ring (bicyclic) bond motifs is 9. The first-order chi connectivity index (χ1) is 31.7. The molecule has 3 heterocycles. The Bertz CT molecular complexity index is 3580. The molecule has 0 saturated heterocycles. The molecule has 64 heavy (non-hydrogen) atoms. The maximum Gasteiger partial charge on any atom is 0.178 e. The van der Waals surface area contributed by atoms with Crippen LogP contribution in [-0.4, -0.2) is 15.0 Å². The largest absolute Gasteiger partial charge is 0.456 e. The molecule has 0 fully saturated rings. The summed E-state index contributed by atoms with van der Waals surface area (Å²) in [5, 5.41) is 2.12. The van der Waals surface area contributed by atoms with Crippen molar-refractivity contribution in [3.63, 3.8) is 0 Å². The zero-order valence-electron chi connectivity index (χ0n) is 34.3. The lowest BCUT2D eigenvalue weighted by Gasteiger charge is -2.34. The Morgan fingerprint density at radius 1 is 0.344 bits per heavy atom. The van der Waals surface area contributed by atoms with Gasteiger partial charge in [-0.25, -0.2) is 15.0 Å². The molecule has 2 aromatic heterocycles. The molecule has 1 aliphatic heterocycles. The number of hydrogen-bond acceptors (Lipinski definition) is 6. The van der Waals surface area contributed by atoms with E-state index in [-0.39, 0.29) is 0 Å². The Morgan fingerprint density at radius 2 is 0.938 bits per heavy atom. The van der Waals surface area contributed by atoms with E-state index in [1.54, 1.807) is 0 Å². The van der Waals surface area contributed by atoms with Crippen molar-refractivity contribution in [1.82, 2.24) is 15.0 Å². The first-order valence-electron chi connectivity index (χ1n) is 21.4. The summed E-state index contributed by atoms with van der Waals surface area (Å²) < 4.78 is 20.1. The van der Waals surface area contributed by atoms with Gasteiger partial charge in [0.15, 0.2) is 40.5 Å². The molecule has 0 spiro atoms. The molecule has 1 aliphatic carbocycles. The summed E-state index contributed by atoms with van der Waals surface area (Å²) in [6, 6.07) is 73.1. The summed E-state index contributed by atoms with van der Waals surface area (Å²) in [6.45, 7) is 0. The van der Waals surface area contributed by atoms with Crippen molar-refractivity contribution in [2.45, 2.75) is 5.41 Å². The van der Waals surface area contributed by atoms with Crippen LogP contribution in [0.1, 0.15) is 22.3 Å². The van der Waals surface area contributed by atoms with Gasteiger partial charge in [0.25, 0.3) is 0 Å². The Morgan fingerprint density at radius 3 is 1.72 bits per heavy atom. The zero-order valence-corrected chi connectivity index (χ0v) is 34.3. The van der Waals surface area contributed by atoms with Gasteiger partial charge < -0.3 is 13.9 Å². The predicted molar refractivity (Wildman–Crippen MR) is 253 cm³/mol. The minimum Gasteiger partial charge on any atom is -0.456 e. The van der Waals surface area contributed by atoms with Gasteiger partial charge in [-0.1, -0.05) is 176 Å². The second-order valence-electron chi connectivity index (χ2n) is 16.2. The highest BCUT2D eigenvalue weighted by atomic mass is 16.6. The highest BCUT2D eigenvalue weighted by molar-refractivity contribution is 6.05. The van der Waals surface area contributed by atoms with Gasteiger partial charge in [-0.05, 0) is 75.3 Å². The number of para-hydroxylation sites is 1. The lowest BCUT2D eigenvalue weighted by molar-refractivity contribution is 0.360. The quantitative estimate of drug-likeness (QED) is 0.166. The fourth-order valence-electron chi connectivity index (χ4n) is 9.87.